The Hall–Kier alpha value is -2.73. The third-order valence-electron chi connectivity index (χ3n) is 4.66. The van der Waals surface area contributed by atoms with Crippen LogP contribution in [0.3, 0.4) is 0 Å². The molecule has 0 fully saturated rings. The van der Waals surface area contributed by atoms with E-state index in [1.165, 1.54) is 12.1 Å². The molecule has 0 radical (unpaired) electrons. The first-order valence-electron chi connectivity index (χ1n) is 9.42. The van der Waals surface area contributed by atoms with Crippen LogP contribution in [0, 0.1) is 5.82 Å². The van der Waals surface area contributed by atoms with Crippen LogP contribution in [0.15, 0.2) is 77.2 Å². The van der Waals surface area contributed by atoms with Crippen molar-refractivity contribution in [3.8, 4) is 11.5 Å². The molecule has 0 unspecified atom stereocenters. The Bertz CT molecular complexity index is 1120. The number of hydrogen-bond donors (Lipinski definition) is 1. The van der Waals surface area contributed by atoms with E-state index in [4.69, 9.17) is 27.6 Å². The Kier molecular flexibility index (Phi) is 6.43. The van der Waals surface area contributed by atoms with Gasteiger partial charge >= 0.3 is 0 Å². The SMILES string of the molecule is Fc1ccc([C@H](NCCc2ccc(Cl)cc2)c2nnc(-c3ccccc3)o2)c(Cl)c1. The van der Waals surface area contributed by atoms with Gasteiger partial charge in [-0.1, -0.05) is 59.6 Å². The van der Waals surface area contributed by atoms with Crippen LogP contribution in [0.5, 0.6) is 0 Å². The van der Waals surface area contributed by atoms with E-state index < -0.39 is 11.9 Å². The van der Waals surface area contributed by atoms with Crippen molar-refractivity contribution in [3.05, 3.63) is 106 Å². The first-order valence-corrected chi connectivity index (χ1v) is 10.2. The summed E-state index contributed by atoms with van der Waals surface area (Å²) in [5, 5.41) is 12.8. The fourth-order valence-electron chi connectivity index (χ4n) is 3.13. The van der Waals surface area contributed by atoms with Gasteiger partial charge in [0.15, 0.2) is 0 Å². The predicted octanol–water partition coefficient (Wildman–Crippen LogP) is 6.10. The minimum atomic E-state index is -0.477. The van der Waals surface area contributed by atoms with Crippen LogP contribution in [-0.2, 0) is 6.42 Å². The number of nitrogens with one attached hydrogen (secondary N) is 1. The molecule has 0 aliphatic heterocycles. The van der Waals surface area contributed by atoms with Gasteiger partial charge < -0.3 is 9.73 Å². The summed E-state index contributed by atoms with van der Waals surface area (Å²) in [5.74, 6) is 0.367. The lowest BCUT2D eigenvalue weighted by Crippen LogP contribution is -2.25. The van der Waals surface area contributed by atoms with Gasteiger partial charge in [0.25, 0.3) is 0 Å². The third kappa shape index (κ3) is 4.87. The molecular formula is C23H18Cl2FN3O. The summed E-state index contributed by atoms with van der Waals surface area (Å²) in [4.78, 5) is 0. The van der Waals surface area contributed by atoms with Gasteiger partial charge in [0, 0.05) is 22.2 Å². The molecule has 30 heavy (non-hydrogen) atoms. The zero-order valence-corrected chi connectivity index (χ0v) is 17.4. The van der Waals surface area contributed by atoms with Gasteiger partial charge in [0.2, 0.25) is 11.8 Å². The summed E-state index contributed by atoms with van der Waals surface area (Å²) in [5.41, 5.74) is 2.62. The average molecular weight is 442 g/mol. The van der Waals surface area contributed by atoms with Crippen LogP contribution in [0.25, 0.3) is 11.5 Å². The summed E-state index contributed by atoms with van der Waals surface area (Å²) in [6.07, 6.45) is 0.756. The number of nitrogens with zero attached hydrogens (tertiary/aromatic N) is 2. The summed E-state index contributed by atoms with van der Waals surface area (Å²) < 4.78 is 19.5. The van der Waals surface area contributed by atoms with E-state index >= 15 is 0 Å². The Labute approximate surface area is 183 Å². The Morgan fingerprint density at radius 3 is 2.43 bits per heavy atom. The highest BCUT2D eigenvalue weighted by Crippen LogP contribution is 2.30. The van der Waals surface area contributed by atoms with Gasteiger partial charge in [-0.15, -0.1) is 10.2 Å². The fourth-order valence-corrected chi connectivity index (χ4v) is 3.53. The predicted molar refractivity (Wildman–Crippen MR) is 116 cm³/mol. The first-order chi connectivity index (χ1) is 14.6. The molecule has 1 aromatic heterocycles. The molecular weight excluding hydrogens is 424 g/mol. The summed E-state index contributed by atoms with van der Waals surface area (Å²) in [6, 6.07) is 21.0. The molecule has 152 valence electrons. The maximum Gasteiger partial charge on any atom is 0.247 e. The molecule has 0 amide bonds. The van der Waals surface area contributed by atoms with Gasteiger partial charge in [-0.3, -0.25) is 0 Å². The smallest absolute Gasteiger partial charge is 0.247 e. The highest BCUT2D eigenvalue weighted by Gasteiger charge is 2.23. The van der Waals surface area contributed by atoms with Crippen molar-refractivity contribution in [2.24, 2.45) is 0 Å². The average Bonchev–Trinajstić information content (AvgIpc) is 3.24. The summed E-state index contributed by atoms with van der Waals surface area (Å²) >= 11 is 12.3. The second kappa shape index (κ2) is 9.39. The van der Waals surface area contributed by atoms with Crippen LogP contribution >= 0.6 is 23.2 Å². The maximum absolute atomic E-state index is 13.6. The van der Waals surface area contributed by atoms with Gasteiger partial charge in [-0.05, 0) is 53.9 Å². The van der Waals surface area contributed by atoms with E-state index in [1.807, 2.05) is 54.6 Å². The Balaban J connectivity index is 1.59. The second-order valence-corrected chi connectivity index (χ2v) is 7.58. The van der Waals surface area contributed by atoms with Gasteiger partial charge in [0.1, 0.15) is 11.9 Å². The molecule has 4 aromatic rings. The molecule has 0 saturated heterocycles. The lowest BCUT2D eigenvalue weighted by Gasteiger charge is -2.17. The van der Waals surface area contributed by atoms with Crippen molar-refractivity contribution in [3.63, 3.8) is 0 Å². The van der Waals surface area contributed by atoms with Crippen LogP contribution in [-0.4, -0.2) is 16.7 Å². The number of hydrogen-bond acceptors (Lipinski definition) is 4. The molecule has 0 aliphatic rings. The standard InChI is InChI=1S/C23H18Cl2FN3O/c24-17-8-6-15(7-9-17)12-13-27-21(19-11-10-18(26)14-20(19)25)23-29-28-22(30-23)16-4-2-1-3-5-16/h1-11,14,21,27H,12-13H2/t21-/m0/s1. The molecule has 4 rings (SSSR count). The van der Waals surface area contributed by atoms with Crippen LogP contribution in [0.4, 0.5) is 4.39 Å². The summed E-state index contributed by atoms with van der Waals surface area (Å²) in [7, 11) is 0. The highest BCUT2D eigenvalue weighted by atomic mass is 35.5. The minimum absolute atomic E-state index is 0.290. The molecule has 1 heterocycles. The monoisotopic (exact) mass is 441 g/mol. The van der Waals surface area contributed by atoms with Crippen LogP contribution in [0.2, 0.25) is 10.0 Å². The van der Waals surface area contributed by atoms with Crippen LogP contribution < -0.4 is 5.32 Å². The van der Waals surface area contributed by atoms with E-state index in [0.717, 1.165) is 17.5 Å². The van der Waals surface area contributed by atoms with Crippen molar-refractivity contribution in [1.29, 1.82) is 0 Å². The molecule has 4 nitrogen and oxygen atoms in total. The Morgan fingerprint density at radius 1 is 0.933 bits per heavy atom. The van der Waals surface area contributed by atoms with Gasteiger partial charge in [0.05, 0.1) is 0 Å². The zero-order valence-electron chi connectivity index (χ0n) is 15.9. The topological polar surface area (TPSA) is 51.0 Å². The third-order valence-corrected chi connectivity index (χ3v) is 5.24. The van der Waals surface area contributed by atoms with Crippen molar-refractivity contribution < 1.29 is 8.81 Å². The van der Waals surface area contributed by atoms with E-state index in [-0.39, 0.29) is 0 Å². The minimum Gasteiger partial charge on any atom is -0.419 e. The maximum atomic E-state index is 13.6. The zero-order chi connectivity index (χ0) is 20.9. The molecule has 7 heteroatoms. The molecule has 0 saturated carbocycles. The normalized spacial score (nSPS) is 12.1. The van der Waals surface area contributed by atoms with E-state index in [9.17, 15) is 4.39 Å². The molecule has 3 aromatic carbocycles. The second-order valence-electron chi connectivity index (χ2n) is 6.74. The van der Waals surface area contributed by atoms with E-state index in [1.54, 1.807) is 6.07 Å². The van der Waals surface area contributed by atoms with E-state index in [0.29, 0.717) is 33.9 Å². The fraction of sp³-hybridized carbons (Fsp3) is 0.130. The molecule has 1 atom stereocenters. The molecule has 0 bridgehead atoms. The van der Waals surface area contributed by atoms with Gasteiger partial charge in [-0.2, -0.15) is 0 Å². The van der Waals surface area contributed by atoms with Gasteiger partial charge in [-0.25, -0.2) is 4.39 Å². The largest absolute Gasteiger partial charge is 0.419 e. The quantitative estimate of drug-likeness (QED) is 0.376. The van der Waals surface area contributed by atoms with Crippen molar-refractivity contribution >= 4 is 23.2 Å². The number of benzene rings is 3. The van der Waals surface area contributed by atoms with Crippen molar-refractivity contribution in [2.75, 3.05) is 6.54 Å². The lowest BCUT2D eigenvalue weighted by molar-refractivity contribution is 0.440. The number of halogens is 3. The van der Waals surface area contributed by atoms with Crippen molar-refractivity contribution in [2.45, 2.75) is 12.5 Å². The highest BCUT2D eigenvalue weighted by molar-refractivity contribution is 6.31. The summed E-state index contributed by atoms with van der Waals surface area (Å²) in [6.45, 7) is 0.614. The number of aromatic nitrogens is 2. The molecule has 0 aliphatic carbocycles. The Morgan fingerprint density at radius 2 is 1.70 bits per heavy atom. The van der Waals surface area contributed by atoms with Crippen LogP contribution in [0.1, 0.15) is 23.1 Å². The molecule has 1 N–H and O–H groups in total. The lowest BCUT2D eigenvalue weighted by atomic mass is 10.1. The number of rotatable bonds is 7. The van der Waals surface area contributed by atoms with E-state index in [2.05, 4.69) is 15.5 Å². The first kappa shape index (κ1) is 20.5. The molecule has 0 spiro atoms. The van der Waals surface area contributed by atoms with Crippen molar-refractivity contribution in [1.82, 2.24) is 15.5 Å².